The fourth-order valence-corrected chi connectivity index (χ4v) is 3.74. The van der Waals surface area contributed by atoms with Crippen LogP contribution in [0.3, 0.4) is 0 Å². The van der Waals surface area contributed by atoms with Crippen molar-refractivity contribution >= 4 is 21.6 Å². The van der Waals surface area contributed by atoms with Crippen LogP contribution in [0, 0.1) is 0 Å². The second kappa shape index (κ2) is 6.37. The SMILES string of the molecule is CNC(Cc1nc2ccccc2s1)C(C)c1ccccc1. The minimum atomic E-state index is 0.396. The average molecular weight is 296 g/mol. The van der Waals surface area contributed by atoms with Gasteiger partial charge in [0.1, 0.15) is 0 Å². The summed E-state index contributed by atoms with van der Waals surface area (Å²) >= 11 is 1.80. The van der Waals surface area contributed by atoms with Gasteiger partial charge in [0.25, 0.3) is 0 Å². The van der Waals surface area contributed by atoms with Gasteiger partial charge in [-0.2, -0.15) is 0 Å². The molecule has 2 unspecified atom stereocenters. The Labute approximate surface area is 129 Å². The Morgan fingerprint density at radius 1 is 1.05 bits per heavy atom. The van der Waals surface area contributed by atoms with Gasteiger partial charge in [0.15, 0.2) is 0 Å². The maximum Gasteiger partial charge on any atom is 0.0954 e. The molecule has 0 aliphatic heterocycles. The number of nitrogens with zero attached hydrogens (tertiary/aromatic N) is 1. The van der Waals surface area contributed by atoms with E-state index in [1.54, 1.807) is 11.3 Å². The molecule has 3 heteroatoms. The third-order valence-electron chi connectivity index (χ3n) is 4.03. The lowest BCUT2D eigenvalue weighted by molar-refractivity contribution is 0.482. The van der Waals surface area contributed by atoms with Crippen molar-refractivity contribution < 1.29 is 0 Å². The first kappa shape index (κ1) is 14.2. The van der Waals surface area contributed by atoms with E-state index < -0.39 is 0 Å². The van der Waals surface area contributed by atoms with Crippen molar-refractivity contribution in [2.45, 2.75) is 25.3 Å². The highest BCUT2D eigenvalue weighted by Crippen LogP contribution is 2.26. The minimum absolute atomic E-state index is 0.396. The highest BCUT2D eigenvalue weighted by Gasteiger charge is 2.19. The summed E-state index contributed by atoms with van der Waals surface area (Å²) in [6.45, 7) is 2.28. The quantitative estimate of drug-likeness (QED) is 0.762. The lowest BCUT2D eigenvalue weighted by atomic mass is 9.91. The van der Waals surface area contributed by atoms with E-state index in [1.807, 2.05) is 13.1 Å². The molecule has 1 heterocycles. The Hall–Kier alpha value is -1.71. The number of likely N-dealkylation sites (N-methyl/N-ethyl adjacent to an activating group) is 1. The molecule has 0 aliphatic rings. The van der Waals surface area contributed by atoms with Crippen LogP contribution in [0.5, 0.6) is 0 Å². The molecule has 0 saturated heterocycles. The van der Waals surface area contributed by atoms with Gasteiger partial charge in [-0.1, -0.05) is 49.4 Å². The molecule has 0 amide bonds. The molecule has 2 aromatic carbocycles. The Bertz CT molecular complexity index is 672. The molecule has 3 aromatic rings. The zero-order chi connectivity index (χ0) is 14.7. The van der Waals surface area contributed by atoms with Crippen LogP contribution in [0.4, 0.5) is 0 Å². The van der Waals surface area contributed by atoms with Crippen LogP contribution in [-0.4, -0.2) is 18.1 Å². The second-order valence-electron chi connectivity index (χ2n) is 5.37. The van der Waals surface area contributed by atoms with Crippen molar-refractivity contribution in [3.63, 3.8) is 0 Å². The fraction of sp³-hybridized carbons (Fsp3) is 0.278. The number of thiazole rings is 1. The smallest absolute Gasteiger partial charge is 0.0954 e. The maximum atomic E-state index is 4.76. The lowest BCUT2D eigenvalue weighted by Crippen LogP contribution is -2.32. The first-order valence-corrected chi connectivity index (χ1v) is 8.16. The van der Waals surface area contributed by atoms with Crippen LogP contribution in [0.25, 0.3) is 10.2 Å². The predicted octanol–water partition coefficient (Wildman–Crippen LogP) is 4.23. The van der Waals surface area contributed by atoms with E-state index in [1.165, 1.54) is 15.3 Å². The van der Waals surface area contributed by atoms with Gasteiger partial charge in [0, 0.05) is 12.5 Å². The van der Waals surface area contributed by atoms with Crippen molar-refractivity contribution in [3.05, 3.63) is 65.2 Å². The summed E-state index contributed by atoms with van der Waals surface area (Å²) < 4.78 is 1.27. The van der Waals surface area contributed by atoms with Crippen LogP contribution in [0.1, 0.15) is 23.4 Å². The first-order valence-electron chi connectivity index (χ1n) is 7.34. The number of rotatable bonds is 5. The van der Waals surface area contributed by atoms with Crippen molar-refractivity contribution in [2.75, 3.05) is 7.05 Å². The van der Waals surface area contributed by atoms with E-state index >= 15 is 0 Å². The largest absolute Gasteiger partial charge is 0.316 e. The molecular formula is C18H20N2S. The molecular weight excluding hydrogens is 276 g/mol. The molecule has 0 aliphatic carbocycles. The maximum absolute atomic E-state index is 4.76. The van der Waals surface area contributed by atoms with Crippen LogP contribution < -0.4 is 5.32 Å². The Balaban J connectivity index is 1.80. The van der Waals surface area contributed by atoms with Crippen molar-refractivity contribution in [2.24, 2.45) is 0 Å². The summed E-state index contributed by atoms with van der Waals surface area (Å²) in [5, 5.41) is 4.67. The third-order valence-corrected chi connectivity index (χ3v) is 5.09. The van der Waals surface area contributed by atoms with Gasteiger partial charge in [0.05, 0.1) is 15.2 Å². The molecule has 3 rings (SSSR count). The minimum Gasteiger partial charge on any atom is -0.316 e. The molecule has 108 valence electrons. The third kappa shape index (κ3) is 3.14. The summed E-state index contributed by atoms with van der Waals surface area (Å²) in [6.07, 6.45) is 0.964. The number of nitrogens with one attached hydrogen (secondary N) is 1. The van der Waals surface area contributed by atoms with Gasteiger partial charge in [-0.15, -0.1) is 11.3 Å². The van der Waals surface area contributed by atoms with Gasteiger partial charge in [-0.3, -0.25) is 0 Å². The molecule has 1 aromatic heterocycles. The van der Waals surface area contributed by atoms with E-state index in [4.69, 9.17) is 4.98 Å². The molecule has 0 spiro atoms. The highest BCUT2D eigenvalue weighted by atomic mass is 32.1. The molecule has 21 heavy (non-hydrogen) atoms. The van der Waals surface area contributed by atoms with Crippen LogP contribution in [0.15, 0.2) is 54.6 Å². The molecule has 0 radical (unpaired) electrons. The number of fused-ring (bicyclic) bond motifs is 1. The van der Waals surface area contributed by atoms with Crippen molar-refractivity contribution in [3.8, 4) is 0 Å². The summed E-state index contributed by atoms with van der Waals surface area (Å²) in [6, 6.07) is 19.4. The number of benzene rings is 2. The standard InChI is InChI=1S/C18H20N2S/c1-13(14-8-4-3-5-9-14)16(19-2)12-18-20-15-10-6-7-11-17(15)21-18/h3-11,13,16,19H,12H2,1-2H3. The monoisotopic (exact) mass is 296 g/mol. The van der Waals surface area contributed by atoms with Crippen molar-refractivity contribution in [1.82, 2.24) is 10.3 Å². The Kier molecular flexibility index (Phi) is 4.32. The summed E-state index contributed by atoms with van der Waals surface area (Å²) in [4.78, 5) is 4.76. The summed E-state index contributed by atoms with van der Waals surface area (Å²) in [5.41, 5.74) is 2.48. The van der Waals surface area contributed by atoms with Gasteiger partial charge < -0.3 is 5.32 Å². The van der Waals surface area contributed by atoms with Crippen LogP contribution in [0.2, 0.25) is 0 Å². The van der Waals surface area contributed by atoms with E-state index in [2.05, 4.69) is 60.8 Å². The molecule has 2 nitrogen and oxygen atoms in total. The van der Waals surface area contributed by atoms with E-state index in [0.29, 0.717) is 12.0 Å². The van der Waals surface area contributed by atoms with Gasteiger partial charge in [-0.05, 0) is 30.7 Å². The van der Waals surface area contributed by atoms with Crippen LogP contribution >= 0.6 is 11.3 Å². The lowest BCUT2D eigenvalue weighted by Gasteiger charge is -2.23. The van der Waals surface area contributed by atoms with Crippen LogP contribution in [-0.2, 0) is 6.42 Å². The zero-order valence-corrected chi connectivity index (χ0v) is 13.2. The molecule has 0 fully saturated rings. The number of hydrogen-bond acceptors (Lipinski definition) is 3. The molecule has 0 saturated carbocycles. The summed E-state index contributed by atoms with van der Waals surface area (Å²) in [7, 11) is 2.04. The Morgan fingerprint density at radius 2 is 1.76 bits per heavy atom. The Morgan fingerprint density at radius 3 is 2.48 bits per heavy atom. The van der Waals surface area contributed by atoms with Gasteiger partial charge >= 0.3 is 0 Å². The van der Waals surface area contributed by atoms with Crippen molar-refractivity contribution in [1.29, 1.82) is 0 Å². The number of para-hydroxylation sites is 1. The molecule has 1 N–H and O–H groups in total. The zero-order valence-electron chi connectivity index (χ0n) is 12.4. The summed E-state index contributed by atoms with van der Waals surface area (Å²) in [5.74, 6) is 0.461. The molecule has 2 atom stereocenters. The van der Waals surface area contributed by atoms with Gasteiger partial charge in [0.2, 0.25) is 0 Å². The normalized spacial score (nSPS) is 14.2. The first-order chi connectivity index (χ1) is 10.3. The topological polar surface area (TPSA) is 24.9 Å². The number of hydrogen-bond donors (Lipinski definition) is 1. The molecule has 0 bridgehead atoms. The van der Waals surface area contributed by atoms with E-state index in [0.717, 1.165) is 11.9 Å². The van der Waals surface area contributed by atoms with E-state index in [9.17, 15) is 0 Å². The highest BCUT2D eigenvalue weighted by molar-refractivity contribution is 7.18. The second-order valence-corrected chi connectivity index (χ2v) is 6.49. The average Bonchev–Trinajstić information content (AvgIpc) is 2.95. The fourth-order valence-electron chi connectivity index (χ4n) is 2.71. The predicted molar refractivity (Wildman–Crippen MR) is 91.0 cm³/mol. The van der Waals surface area contributed by atoms with Gasteiger partial charge in [-0.25, -0.2) is 4.98 Å². The van der Waals surface area contributed by atoms with E-state index in [-0.39, 0.29) is 0 Å². The number of aromatic nitrogens is 1.